The van der Waals surface area contributed by atoms with Gasteiger partial charge in [0.1, 0.15) is 17.7 Å². The Labute approximate surface area is 202 Å². The molecule has 3 aromatic rings. The molecule has 2 aromatic heterocycles. The van der Waals surface area contributed by atoms with E-state index in [9.17, 15) is 9.18 Å². The highest BCUT2D eigenvalue weighted by Crippen LogP contribution is 2.51. The maximum atomic E-state index is 12.5. The molecule has 10 heteroatoms. The Balaban J connectivity index is 0.000000231. The number of halogens is 2. The van der Waals surface area contributed by atoms with E-state index in [2.05, 4.69) is 20.4 Å². The summed E-state index contributed by atoms with van der Waals surface area (Å²) < 4.78 is 20.0. The Morgan fingerprint density at radius 3 is 2.47 bits per heavy atom. The first-order chi connectivity index (χ1) is 16.4. The van der Waals surface area contributed by atoms with Gasteiger partial charge in [-0.3, -0.25) is 9.48 Å². The third kappa shape index (κ3) is 5.14. The van der Waals surface area contributed by atoms with Crippen LogP contribution in [0.3, 0.4) is 0 Å². The average Bonchev–Trinajstić information content (AvgIpc) is 3.48. The molecule has 0 bridgehead atoms. The number of carbonyl (C=O) groups excluding carboxylic acids is 1. The number of benzene rings is 1. The summed E-state index contributed by atoms with van der Waals surface area (Å²) in [5.74, 6) is 1.59. The van der Waals surface area contributed by atoms with Gasteiger partial charge in [-0.2, -0.15) is 5.10 Å². The summed E-state index contributed by atoms with van der Waals surface area (Å²) in [4.78, 5) is 19.6. The van der Waals surface area contributed by atoms with Crippen LogP contribution in [-0.2, 0) is 7.05 Å². The molecule has 0 aliphatic heterocycles. The fourth-order valence-electron chi connectivity index (χ4n) is 5.02. The molecule has 0 amide bonds. The Hall–Kier alpha value is -3.20. The normalized spacial score (nSPS) is 23.1. The Bertz CT molecular complexity index is 1130. The summed E-state index contributed by atoms with van der Waals surface area (Å²) >= 11 is 5.48. The number of nitrogens with one attached hydrogen (secondary N) is 1. The van der Waals surface area contributed by atoms with Crippen LogP contribution in [0.1, 0.15) is 47.7 Å². The van der Waals surface area contributed by atoms with Gasteiger partial charge in [-0.05, 0) is 61.8 Å². The Morgan fingerprint density at radius 1 is 1.21 bits per heavy atom. The van der Waals surface area contributed by atoms with Gasteiger partial charge in [-0.15, -0.1) is 0 Å². The Kier molecular flexibility index (Phi) is 7.31. The summed E-state index contributed by atoms with van der Waals surface area (Å²) in [7, 11) is 3.54. The van der Waals surface area contributed by atoms with Gasteiger partial charge in [0.05, 0.1) is 16.3 Å². The lowest BCUT2D eigenvalue weighted by molar-refractivity contribution is 0.112. The lowest BCUT2D eigenvalue weighted by atomic mass is 9.96. The highest BCUT2D eigenvalue weighted by molar-refractivity contribution is 6.31. The predicted molar refractivity (Wildman–Crippen MR) is 129 cm³/mol. The van der Waals surface area contributed by atoms with E-state index < -0.39 is 0 Å². The number of nitrogens with zero attached hydrogens (tertiary/aromatic N) is 4. The predicted octanol–water partition coefficient (Wildman–Crippen LogP) is 4.48. The van der Waals surface area contributed by atoms with E-state index in [4.69, 9.17) is 22.1 Å². The third-order valence-electron chi connectivity index (χ3n) is 6.66. The van der Waals surface area contributed by atoms with E-state index >= 15 is 0 Å². The van der Waals surface area contributed by atoms with Crippen molar-refractivity contribution >= 4 is 29.4 Å². The number of anilines is 2. The highest BCUT2D eigenvalue weighted by atomic mass is 35.5. The van der Waals surface area contributed by atoms with Crippen LogP contribution in [0.5, 0.6) is 6.01 Å². The lowest BCUT2D eigenvalue weighted by Crippen LogP contribution is -2.15. The first kappa shape index (κ1) is 23.9. The van der Waals surface area contributed by atoms with Crippen molar-refractivity contribution in [1.82, 2.24) is 19.7 Å². The fraction of sp³-hybridized carbons (Fsp3) is 0.417. The zero-order valence-electron chi connectivity index (χ0n) is 19.1. The summed E-state index contributed by atoms with van der Waals surface area (Å²) in [6, 6.07) is 6.73. The van der Waals surface area contributed by atoms with E-state index in [0.717, 1.165) is 43.4 Å². The van der Waals surface area contributed by atoms with Crippen molar-refractivity contribution in [2.45, 2.75) is 37.7 Å². The second kappa shape index (κ2) is 10.4. The third-order valence-corrected chi connectivity index (χ3v) is 6.95. The van der Waals surface area contributed by atoms with Crippen LogP contribution in [-0.4, -0.2) is 39.2 Å². The van der Waals surface area contributed by atoms with Crippen LogP contribution < -0.4 is 15.8 Å². The molecule has 180 valence electrons. The molecule has 2 unspecified atom stereocenters. The van der Waals surface area contributed by atoms with Crippen molar-refractivity contribution in [3.63, 3.8) is 0 Å². The van der Waals surface area contributed by atoms with E-state index in [1.165, 1.54) is 12.1 Å². The van der Waals surface area contributed by atoms with Crippen molar-refractivity contribution in [2.24, 2.45) is 18.9 Å². The molecular weight excluding hydrogens is 459 g/mol. The molecule has 2 heterocycles. The van der Waals surface area contributed by atoms with Crippen molar-refractivity contribution in [3.05, 3.63) is 58.8 Å². The smallest absolute Gasteiger partial charge is 0.316 e. The average molecular weight is 487 g/mol. The zero-order chi connectivity index (χ0) is 24.2. The minimum atomic E-state index is -0.388. The second-order valence-electron chi connectivity index (χ2n) is 8.74. The number of aromatic nitrogens is 4. The van der Waals surface area contributed by atoms with Gasteiger partial charge in [0.2, 0.25) is 0 Å². The first-order valence-electron chi connectivity index (χ1n) is 11.2. The zero-order valence-corrected chi connectivity index (χ0v) is 19.9. The molecule has 1 aromatic carbocycles. The van der Waals surface area contributed by atoms with E-state index in [1.54, 1.807) is 43.3 Å². The molecule has 2 aliphatic carbocycles. The molecule has 0 radical (unpaired) electrons. The van der Waals surface area contributed by atoms with Crippen molar-refractivity contribution in [2.75, 3.05) is 18.1 Å². The summed E-state index contributed by atoms with van der Waals surface area (Å²) in [5.41, 5.74) is 8.18. The standard InChI is InChI=1S/C17H21N5O2.C7H7ClFN/c1-22-16(18)14(9-23)15(21-22)12-5-10-7-13(8-11(10)6-12)24-17-19-3-2-4-20-17;1-10-5-2-3-7(9)6(8)4-5/h2-4,9-13H,5-8,18H2,1H3;2-4,10H,1H3. The monoisotopic (exact) mass is 486 g/mol. The van der Waals surface area contributed by atoms with Crippen LogP contribution in [0.25, 0.3) is 0 Å². The number of hydrogen-bond acceptors (Lipinski definition) is 7. The van der Waals surface area contributed by atoms with Gasteiger partial charge in [0.25, 0.3) is 0 Å². The molecular formula is C24H28ClFN6O2. The number of carbonyl (C=O) groups is 1. The quantitative estimate of drug-likeness (QED) is 0.512. The molecule has 0 spiro atoms. The van der Waals surface area contributed by atoms with Crippen LogP contribution in [0.4, 0.5) is 15.9 Å². The van der Waals surface area contributed by atoms with Crippen LogP contribution in [0.2, 0.25) is 5.02 Å². The number of nitrogen functional groups attached to an aromatic ring is 1. The molecule has 3 N–H and O–H groups in total. The SMILES string of the molecule is CNc1ccc(F)c(Cl)c1.Cn1nc(C2CC3CC(Oc4ncccn4)CC3C2)c(C=O)c1N. The van der Waals surface area contributed by atoms with Crippen molar-refractivity contribution in [3.8, 4) is 6.01 Å². The topological polar surface area (TPSA) is 108 Å². The number of fused-ring (bicyclic) bond motifs is 1. The number of aryl methyl sites for hydroxylation is 1. The van der Waals surface area contributed by atoms with Crippen LogP contribution in [0.15, 0.2) is 36.7 Å². The van der Waals surface area contributed by atoms with Gasteiger partial charge in [0, 0.05) is 38.1 Å². The second-order valence-corrected chi connectivity index (χ2v) is 9.14. The number of aldehydes is 1. The molecule has 5 rings (SSSR count). The highest BCUT2D eigenvalue weighted by Gasteiger charge is 2.44. The molecule has 8 nitrogen and oxygen atoms in total. The van der Waals surface area contributed by atoms with Gasteiger partial charge in [0.15, 0.2) is 6.29 Å². The molecule has 2 atom stereocenters. The van der Waals surface area contributed by atoms with Gasteiger partial charge >= 0.3 is 6.01 Å². The number of hydrogen-bond donors (Lipinski definition) is 2. The summed E-state index contributed by atoms with van der Waals surface area (Å²) in [6.07, 6.45) is 8.51. The maximum absolute atomic E-state index is 12.5. The fourth-order valence-corrected chi connectivity index (χ4v) is 5.21. The van der Waals surface area contributed by atoms with E-state index in [0.29, 0.717) is 35.1 Å². The first-order valence-corrected chi connectivity index (χ1v) is 11.6. The van der Waals surface area contributed by atoms with Crippen molar-refractivity contribution in [1.29, 1.82) is 0 Å². The number of ether oxygens (including phenoxy) is 1. The Morgan fingerprint density at radius 2 is 1.88 bits per heavy atom. The van der Waals surface area contributed by atoms with Crippen molar-refractivity contribution < 1.29 is 13.9 Å². The van der Waals surface area contributed by atoms with Gasteiger partial charge in [-0.25, -0.2) is 14.4 Å². The van der Waals surface area contributed by atoms with Gasteiger partial charge in [-0.1, -0.05) is 11.6 Å². The number of rotatable bonds is 5. The minimum absolute atomic E-state index is 0.145. The largest absolute Gasteiger partial charge is 0.460 e. The minimum Gasteiger partial charge on any atom is -0.460 e. The maximum Gasteiger partial charge on any atom is 0.316 e. The molecule has 34 heavy (non-hydrogen) atoms. The van der Waals surface area contributed by atoms with E-state index in [-0.39, 0.29) is 16.9 Å². The molecule has 0 saturated heterocycles. The molecule has 2 aliphatic rings. The lowest BCUT2D eigenvalue weighted by Gasteiger charge is -2.15. The number of nitrogens with two attached hydrogens (primary N) is 1. The van der Waals surface area contributed by atoms with Gasteiger partial charge < -0.3 is 15.8 Å². The molecule has 2 saturated carbocycles. The van der Waals surface area contributed by atoms with Crippen LogP contribution in [0, 0.1) is 17.7 Å². The summed E-state index contributed by atoms with van der Waals surface area (Å²) in [6.45, 7) is 0. The molecule has 2 fully saturated rings. The van der Waals surface area contributed by atoms with E-state index in [1.807, 2.05) is 0 Å². The van der Waals surface area contributed by atoms with Crippen LogP contribution >= 0.6 is 11.6 Å². The summed E-state index contributed by atoms with van der Waals surface area (Å²) in [5, 5.41) is 7.48.